The van der Waals surface area contributed by atoms with Gasteiger partial charge in [-0.05, 0) is 36.5 Å². The molecule has 0 radical (unpaired) electrons. The molecule has 1 fully saturated rings. The SMILES string of the molecule is COc1ccc2c(C(N)C3CCCC3)cn(C)c2c1. The summed E-state index contributed by atoms with van der Waals surface area (Å²) in [5.74, 6) is 1.54. The zero-order chi connectivity index (χ0) is 13.4. The van der Waals surface area contributed by atoms with E-state index in [0.717, 1.165) is 5.75 Å². The maximum Gasteiger partial charge on any atom is 0.120 e. The van der Waals surface area contributed by atoms with Gasteiger partial charge in [-0.15, -0.1) is 0 Å². The maximum atomic E-state index is 6.51. The molecule has 0 aliphatic heterocycles. The van der Waals surface area contributed by atoms with Crippen molar-refractivity contribution in [2.45, 2.75) is 31.7 Å². The molecule has 1 atom stereocenters. The van der Waals surface area contributed by atoms with Crippen LogP contribution in [0, 0.1) is 5.92 Å². The lowest BCUT2D eigenvalue weighted by Crippen LogP contribution is -2.18. The molecule has 2 N–H and O–H groups in total. The first-order valence-corrected chi connectivity index (χ1v) is 7.09. The Balaban J connectivity index is 2.03. The van der Waals surface area contributed by atoms with Gasteiger partial charge in [0, 0.05) is 30.7 Å². The van der Waals surface area contributed by atoms with Gasteiger partial charge in [0.25, 0.3) is 0 Å². The quantitative estimate of drug-likeness (QED) is 0.916. The van der Waals surface area contributed by atoms with E-state index in [0.29, 0.717) is 5.92 Å². The number of methoxy groups -OCH3 is 1. The van der Waals surface area contributed by atoms with E-state index >= 15 is 0 Å². The van der Waals surface area contributed by atoms with Gasteiger partial charge in [0.05, 0.1) is 12.6 Å². The van der Waals surface area contributed by atoms with E-state index in [4.69, 9.17) is 10.5 Å². The van der Waals surface area contributed by atoms with E-state index in [9.17, 15) is 0 Å². The minimum absolute atomic E-state index is 0.166. The molecule has 1 saturated carbocycles. The number of nitrogens with two attached hydrogens (primary N) is 1. The summed E-state index contributed by atoms with van der Waals surface area (Å²) < 4.78 is 7.46. The van der Waals surface area contributed by atoms with Crippen LogP contribution in [0.2, 0.25) is 0 Å². The Hall–Kier alpha value is -1.48. The molecule has 102 valence electrons. The molecule has 3 rings (SSSR count). The molecule has 3 nitrogen and oxygen atoms in total. The summed E-state index contributed by atoms with van der Waals surface area (Å²) in [6.07, 6.45) is 7.39. The average Bonchev–Trinajstić information content (AvgIpc) is 3.06. The highest BCUT2D eigenvalue weighted by atomic mass is 16.5. The van der Waals surface area contributed by atoms with Crippen LogP contribution in [0.15, 0.2) is 24.4 Å². The fourth-order valence-corrected chi connectivity index (χ4v) is 3.36. The van der Waals surface area contributed by atoms with Crippen LogP contribution in [-0.2, 0) is 7.05 Å². The third-order valence-corrected chi connectivity index (χ3v) is 4.50. The molecule has 1 heterocycles. The number of benzene rings is 1. The van der Waals surface area contributed by atoms with Crippen LogP contribution >= 0.6 is 0 Å². The average molecular weight is 258 g/mol. The molecule has 0 spiro atoms. The molecule has 0 amide bonds. The van der Waals surface area contributed by atoms with Crippen molar-refractivity contribution in [2.24, 2.45) is 18.7 Å². The summed E-state index contributed by atoms with van der Waals surface area (Å²) in [6.45, 7) is 0. The topological polar surface area (TPSA) is 40.2 Å². The molecule has 3 heteroatoms. The number of aryl methyl sites for hydroxylation is 1. The molecule has 1 aliphatic rings. The van der Waals surface area contributed by atoms with Crippen molar-refractivity contribution in [3.63, 3.8) is 0 Å². The van der Waals surface area contributed by atoms with Crippen molar-refractivity contribution in [3.8, 4) is 5.75 Å². The molecule has 0 bridgehead atoms. The molecule has 0 saturated heterocycles. The number of hydrogen-bond donors (Lipinski definition) is 1. The summed E-state index contributed by atoms with van der Waals surface area (Å²) in [4.78, 5) is 0. The van der Waals surface area contributed by atoms with Gasteiger partial charge in [0.1, 0.15) is 5.75 Å². The van der Waals surface area contributed by atoms with E-state index < -0.39 is 0 Å². The number of aromatic nitrogens is 1. The third-order valence-electron chi connectivity index (χ3n) is 4.50. The Kier molecular flexibility index (Phi) is 3.23. The number of nitrogens with zero attached hydrogens (tertiary/aromatic N) is 1. The standard InChI is InChI=1S/C16H22N2O/c1-18-10-14(16(17)11-5-3-4-6-11)13-8-7-12(19-2)9-15(13)18/h7-11,16H,3-6,17H2,1-2H3. The highest BCUT2D eigenvalue weighted by molar-refractivity contribution is 5.85. The summed E-state index contributed by atoms with van der Waals surface area (Å²) in [7, 11) is 3.78. The van der Waals surface area contributed by atoms with Crippen LogP contribution in [0.3, 0.4) is 0 Å². The second-order valence-electron chi connectivity index (χ2n) is 5.65. The summed E-state index contributed by atoms with van der Waals surface area (Å²) in [5.41, 5.74) is 8.99. The van der Waals surface area contributed by atoms with Crippen molar-refractivity contribution in [3.05, 3.63) is 30.0 Å². The van der Waals surface area contributed by atoms with Crippen molar-refractivity contribution < 1.29 is 4.74 Å². The molecular weight excluding hydrogens is 236 g/mol. The Bertz CT molecular complexity index is 582. The Labute approximate surface area is 114 Å². The van der Waals surface area contributed by atoms with Crippen LogP contribution < -0.4 is 10.5 Å². The highest BCUT2D eigenvalue weighted by Gasteiger charge is 2.25. The Morgan fingerprint density at radius 2 is 2.05 bits per heavy atom. The molecular formula is C16H22N2O. The van der Waals surface area contributed by atoms with Crippen LogP contribution in [0.1, 0.15) is 37.3 Å². The van der Waals surface area contributed by atoms with Gasteiger partial charge in [-0.1, -0.05) is 12.8 Å². The zero-order valence-corrected chi connectivity index (χ0v) is 11.7. The predicted molar refractivity (Wildman–Crippen MR) is 78.4 cm³/mol. The number of ether oxygens (including phenoxy) is 1. The van der Waals surface area contributed by atoms with Gasteiger partial charge in [0.15, 0.2) is 0 Å². The van der Waals surface area contributed by atoms with Crippen LogP contribution in [-0.4, -0.2) is 11.7 Å². The molecule has 1 aliphatic carbocycles. The largest absolute Gasteiger partial charge is 0.497 e. The predicted octanol–water partition coefficient (Wildman–Crippen LogP) is 3.38. The fourth-order valence-electron chi connectivity index (χ4n) is 3.36. The Morgan fingerprint density at radius 3 is 2.74 bits per heavy atom. The normalized spacial score (nSPS) is 18.1. The monoisotopic (exact) mass is 258 g/mol. The second kappa shape index (κ2) is 4.89. The van der Waals surface area contributed by atoms with Gasteiger partial charge >= 0.3 is 0 Å². The third kappa shape index (κ3) is 2.12. The van der Waals surface area contributed by atoms with Gasteiger partial charge in [-0.2, -0.15) is 0 Å². The first kappa shape index (κ1) is 12.5. The minimum atomic E-state index is 0.166. The van der Waals surface area contributed by atoms with Crippen LogP contribution in [0.25, 0.3) is 10.9 Å². The highest BCUT2D eigenvalue weighted by Crippen LogP contribution is 2.37. The summed E-state index contributed by atoms with van der Waals surface area (Å²) in [6, 6.07) is 6.41. The van der Waals surface area contributed by atoms with Gasteiger partial charge in [0.2, 0.25) is 0 Å². The fraction of sp³-hybridized carbons (Fsp3) is 0.500. The van der Waals surface area contributed by atoms with E-state index in [1.54, 1.807) is 7.11 Å². The van der Waals surface area contributed by atoms with Crippen molar-refractivity contribution in [2.75, 3.05) is 7.11 Å². The smallest absolute Gasteiger partial charge is 0.120 e. The first-order chi connectivity index (χ1) is 9.20. The van der Waals surface area contributed by atoms with E-state index in [1.165, 1.54) is 42.1 Å². The lowest BCUT2D eigenvalue weighted by molar-refractivity contribution is 0.415. The summed E-state index contributed by atoms with van der Waals surface area (Å²) >= 11 is 0. The lowest BCUT2D eigenvalue weighted by Gasteiger charge is -2.18. The Morgan fingerprint density at radius 1 is 1.32 bits per heavy atom. The summed E-state index contributed by atoms with van der Waals surface area (Å²) in [5, 5.41) is 1.27. The van der Waals surface area contributed by atoms with Crippen molar-refractivity contribution in [1.82, 2.24) is 4.57 Å². The van der Waals surface area contributed by atoms with E-state index in [1.807, 2.05) is 6.07 Å². The number of hydrogen-bond acceptors (Lipinski definition) is 2. The molecule has 1 unspecified atom stereocenters. The maximum absolute atomic E-state index is 6.51. The minimum Gasteiger partial charge on any atom is -0.497 e. The van der Waals surface area contributed by atoms with E-state index in [2.05, 4.69) is 29.9 Å². The number of rotatable bonds is 3. The molecule has 1 aromatic carbocycles. The van der Waals surface area contributed by atoms with Gasteiger partial charge in [-0.3, -0.25) is 0 Å². The molecule has 1 aromatic heterocycles. The van der Waals surface area contributed by atoms with Crippen molar-refractivity contribution in [1.29, 1.82) is 0 Å². The number of fused-ring (bicyclic) bond motifs is 1. The molecule has 19 heavy (non-hydrogen) atoms. The van der Waals surface area contributed by atoms with Gasteiger partial charge < -0.3 is 15.0 Å². The zero-order valence-electron chi connectivity index (χ0n) is 11.7. The van der Waals surface area contributed by atoms with Crippen LogP contribution in [0.5, 0.6) is 5.75 Å². The second-order valence-corrected chi connectivity index (χ2v) is 5.65. The van der Waals surface area contributed by atoms with Crippen LogP contribution in [0.4, 0.5) is 0 Å². The van der Waals surface area contributed by atoms with Crippen molar-refractivity contribution >= 4 is 10.9 Å². The molecule has 2 aromatic rings. The van der Waals surface area contributed by atoms with Gasteiger partial charge in [-0.25, -0.2) is 0 Å². The van der Waals surface area contributed by atoms with E-state index in [-0.39, 0.29) is 6.04 Å². The first-order valence-electron chi connectivity index (χ1n) is 7.09. The lowest BCUT2D eigenvalue weighted by atomic mass is 9.92.